The number of carbonyl (C=O) groups is 1. The average Bonchev–Trinajstić information content (AvgIpc) is 2.91. The molecular weight excluding hydrogens is 282 g/mol. The summed E-state index contributed by atoms with van der Waals surface area (Å²) in [4.78, 5) is 14.6. The Labute approximate surface area is 130 Å². The van der Waals surface area contributed by atoms with E-state index in [-0.39, 0.29) is 23.2 Å². The molecule has 3 unspecified atom stereocenters. The van der Waals surface area contributed by atoms with Crippen LogP contribution in [0.3, 0.4) is 0 Å². The first kappa shape index (κ1) is 14.9. The number of thioether (sulfide) groups is 1. The van der Waals surface area contributed by atoms with Crippen LogP contribution < -0.4 is 0 Å². The third kappa shape index (κ3) is 3.11. The zero-order valence-electron chi connectivity index (χ0n) is 12.5. The Kier molecular flexibility index (Phi) is 4.55. The van der Waals surface area contributed by atoms with E-state index < -0.39 is 0 Å². The molecule has 0 radical (unpaired) electrons. The summed E-state index contributed by atoms with van der Waals surface area (Å²) in [5, 5.41) is 9.87. The minimum atomic E-state index is -0.230. The highest BCUT2D eigenvalue weighted by atomic mass is 32.2. The second kappa shape index (κ2) is 6.41. The normalized spacial score (nSPS) is 28.2. The van der Waals surface area contributed by atoms with Crippen LogP contribution >= 0.6 is 11.8 Å². The molecule has 3 nitrogen and oxygen atoms in total. The Morgan fingerprint density at radius 2 is 2.19 bits per heavy atom. The van der Waals surface area contributed by atoms with Crippen molar-refractivity contribution in [2.45, 2.75) is 37.0 Å². The summed E-state index contributed by atoms with van der Waals surface area (Å²) < 4.78 is 0. The Balaban J connectivity index is 1.70. The summed E-state index contributed by atoms with van der Waals surface area (Å²) in [5.41, 5.74) is 2.49. The first-order valence-corrected chi connectivity index (χ1v) is 8.84. The van der Waals surface area contributed by atoms with Crippen LogP contribution in [0.5, 0.6) is 0 Å². The lowest BCUT2D eigenvalue weighted by atomic mass is 10.00. The number of nitrogens with zero attached hydrogens (tertiary/aromatic N) is 1. The molecule has 4 heteroatoms. The summed E-state index contributed by atoms with van der Waals surface area (Å²) in [5.74, 6) is 1.45. The third-order valence-corrected chi connectivity index (χ3v) is 5.95. The van der Waals surface area contributed by atoms with E-state index in [1.54, 1.807) is 11.8 Å². The van der Waals surface area contributed by atoms with Gasteiger partial charge >= 0.3 is 0 Å². The van der Waals surface area contributed by atoms with Gasteiger partial charge in [-0.1, -0.05) is 30.7 Å². The lowest BCUT2D eigenvalue weighted by molar-refractivity contribution is -0.130. The topological polar surface area (TPSA) is 40.5 Å². The number of benzene rings is 1. The van der Waals surface area contributed by atoms with Crippen LogP contribution in [0.2, 0.25) is 0 Å². The lowest BCUT2D eigenvalue weighted by Crippen LogP contribution is -2.37. The summed E-state index contributed by atoms with van der Waals surface area (Å²) >= 11 is 1.75. The highest BCUT2D eigenvalue weighted by Crippen LogP contribution is 2.38. The van der Waals surface area contributed by atoms with Crippen molar-refractivity contribution in [3.63, 3.8) is 0 Å². The van der Waals surface area contributed by atoms with E-state index in [1.165, 1.54) is 11.1 Å². The standard InChI is InChI=1S/C17H23NO2S/c1-18(11-13-6-4-8-15(13)19)17(20)16-14-7-3-2-5-12(14)9-10-21-16/h2-3,5,7,13,15-16,19H,4,6,8-11H2,1H3. The zero-order valence-corrected chi connectivity index (χ0v) is 13.3. The molecule has 3 rings (SSSR count). The minimum Gasteiger partial charge on any atom is -0.393 e. The maximum atomic E-state index is 12.8. The fourth-order valence-electron chi connectivity index (χ4n) is 3.47. The van der Waals surface area contributed by atoms with Gasteiger partial charge in [-0.05, 0) is 36.1 Å². The number of aryl methyl sites for hydroxylation is 1. The average molecular weight is 305 g/mol. The van der Waals surface area contributed by atoms with Gasteiger partial charge < -0.3 is 10.0 Å². The largest absolute Gasteiger partial charge is 0.393 e. The molecule has 1 aromatic carbocycles. The number of aliphatic hydroxyl groups is 1. The van der Waals surface area contributed by atoms with Gasteiger partial charge in [-0.2, -0.15) is 0 Å². The summed E-state index contributed by atoms with van der Waals surface area (Å²) in [6, 6.07) is 8.29. The summed E-state index contributed by atoms with van der Waals surface area (Å²) in [7, 11) is 1.88. The smallest absolute Gasteiger partial charge is 0.239 e. The van der Waals surface area contributed by atoms with E-state index >= 15 is 0 Å². The maximum absolute atomic E-state index is 12.8. The molecule has 0 saturated heterocycles. The minimum absolute atomic E-state index is 0.0708. The van der Waals surface area contributed by atoms with Crippen LogP contribution in [0.1, 0.15) is 35.6 Å². The van der Waals surface area contributed by atoms with Crippen molar-refractivity contribution in [2.24, 2.45) is 5.92 Å². The van der Waals surface area contributed by atoms with E-state index in [1.807, 2.05) is 18.0 Å². The van der Waals surface area contributed by atoms with E-state index in [4.69, 9.17) is 0 Å². The molecule has 1 saturated carbocycles. The van der Waals surface area contributed by atoms with Gasteiger partial charge in [-0.25, -0.2) is 0 Å². The predicted octanol–water partition coefficient (Wildman–Crippen LogP) is 2.64. The van der Waals surface area contributed by atoms with Crippen molar-refractivity contribution in [3.8, 4) is 0 Å². The SMILES string of the molecule is CN(CC1CCCC1O)C(=O)C1SCCc2ccccc21. The van der Waals surface area contributed by atoms with Gasteiger partial charge in [0.25, 0.3) is 0 Å². The Bertz CT molecular complexity index is 519. The number of fused-ring (bicyclic) bond motifs is 1. The van der Waals surface area contributed by atoms with Crippen LogP contribution in [-0.4, -0.2) is 41.4 Å². The maximum Gasteiger partial charge on any atom is 0.239 e. The van der Waals surface area contributed by atoms with Crippen LogP contribution in [0, 0.1) is 5.92 Å². The number of carbonyl (C=O) groups excluding carboxylic acids is 1. The molecule has 1 heterocycles. The first-order chi connectivity index (χ1) is 10.2. The lowest BCUT2D eigenvalue weighted by Gasteiger charge is -2.30. The molecule has 0 bridgehead atoms. The third-order valence-electron chi connectivity index (χ3n) is 4.72. The fourth-order valence-corrected chi connectivity index (χ4v) is 4.78. The summed E-state index contributed by atoms with van der Waals surface area (Å²) in [6.45, 7) is 0.680. The molecule has 1 fully saturated rings. The van der Waals surface area contributed by atoms with Crippen LogP contribution in [0.4, 0.5) is 0 Å². The van der Waals surface area contributed by atoms with Gasteiger partial charge in [0, 0.05) is 19.5 Å². The molecule has 21 heavy (non-hydrogen) atoms. The number of aliphatic hydroxyl groups excluding tert-OH is 1. The number of hydrogen-bond acceptors (Lipinski definition) is 3. The molecule has 0 aromatic heterocycles. The highest BCUT2D eigenvalue weighted by Gasteiger charge is 2.32. The number of hydrogen-bond donors (Lipinski definition) is 1. The quantitative estimate of drug-likeness (QED) is 0.933. The van der Waals surface area contributed by atoms with Gasteiger partial charge in [0.15, 0.2) is 0 Å². The van der Waals surface area contributed by atoms with E-state index in [2.05, 4.69) is 18.2 Å². The van der Waals surface area contributed by atoms with Crippen molar-refractivity contribution in [1.29, 1.82) is 0 Å². The molecule has 1 aliphatic carbocycles. The number of rotatable bonds is 3. The van der Waals surface area contributed by atoms with Crippen LogP contribution in [-0.2, 0) is 11.2 Å². The number of likely N-dealkylation sites (N-methyl/N-ethyl adjacent to an activating group) is 1. The molecule has 1 aromatic rings. The zero-order chi connectivity index (χ0) is 14.8. The molecular formula is C17H23NO2S. The molecule has 0 spiro atoms. The van der Waals surface area contributed by atoms with Crippen molar-refractivity contribution in [3.05, 3.63) is 35.4 Å². The van der Waals surface area contributed by atoms with Crippen molar-refractivity contribution < 1.29 is 9.90 Å². The van der Waals surface area contributed by atoms with Crippen molar-refractivity contribution in [2.75, 3.05) is 19.3 Å². The van der Waals surface area contributed by atoms with E-state index in [0.29, 0.717) is 6.54 Å². The number of amides is 1. The molecule has 2 aliphatic rings. The van der Waals surface area contributed by atoms with Gasteiger partial charge in [0.1, 0.15) is 5.25 Å². The molecule has 1 amide bonds. The van der Waals surface area contributed by atoms with E-state index in [0.717, 1.165) is 31.4 Å². The van der Waals surface area contributed by atoms with Crippen molar-refractivity contribution in [1.82, 2.24) is 4.90 Å². The van der Waals surface area contributed by atoms with E-state index in [9.17, 15) is 9.90 Å². The first-order valence-electron chi connectivity index (χ1n) is 7.79. The Morgan fingerprint density at radius 3 is 2.95 bits per heavy atom. The van der Waals surface area contributed by atoms with Gasteiger partial charge in [0.2, 0.25) is 5.91 Å². The van der Waals surface area contributed by atoms with Crippen LogP contribution in [0.15, 0.2) is 24.3 Å². The summed E-state index contributed by atoms with van der Waals surface area (Å²) in [6.07, 6.45) is 3.82. The monoisotopic (exact) mass is 305 g/mol. The van der Waals surface area contributed by atoms with Gasteiger partial charge in [-0.3, -0.25) is 4.79 Å². The fraction of sp³-hybridized carbons (Fsp3) is 0.588. The second-order valence-electron chi connectivity index (χ2n) is 6.18. The molecule has 114 valence electrons. The molecule has 3 atom stereocenters. The Hall–Kier alpha value is -1.00. The highest BCUT2D eigenvalue weighted by molar-refractivity contribution is 8.00. The molecule has 1 aliphatic heterocycles. The van der Waals surface area contributed by atoms with Crippen LogP contribution in [0.25, 0.3) is 0 Å². The second-order valence-corrected chi connectivity index (χ2v) is 7.39. The van der Waals surface area contributed by atoms with Gasteiger partial charge in [-0.15, -0.1) is 11.8 Å². The van der Waals surface area contributed by atoms with Gasteiger partial charge in [0.05, 0.1) is 6.10 Å². The predicted molar refractivity (Wildman–Crippen MR) is 86.3 cm³/mol. The Morgan fingerprint density at radius 1 is 1.38 bits per heavy atom. The molecule has 1 N–H and O–H groups in total. The van der Waals surface area contributed by atoms with Crippen molar-refractivity contribution >= 4 is 17.7 Å².